The fraction of sp³-hybridized carbons (Fsp3) is 0.444. The van der Waals surface area contributed by atoms with Gasteiger partial charge in [-0.3, -0.25) is 0 Å². The van der Waals surface area contributed by atoms with E-state index in [9.17, 15) is 9.90 Å². The van der Waals surface area contributed by atoms with Gasteiger partial charge >= 0.3 is 5.97 Å². The van der Waals surface area contributed by atoms with Crippen LogP contribution in [0, 0.1) is 0 Å². The van der Waals surface area contributed by atoms with Gasteiger partial charge in [0, 0.05) is 6.42 Å². The van der Waals surface area contributed by atoms with Gasteiger partial charge in [-0.25, -0.2) is 4.79 Å². The van der Waals surface area contributed by atoms with Crippen molar-refractivity contribution in [3.8, 4) is 5.75 Å². The molecule has 3 rings (SSSR count). The Balaban J connectivity index is 1.67. The van der Waals surface area contributed by atoms with E-state index in [0.29, 0.717) is 19.6 Å². The molecule has 0 unspecified atom stereocenters. The van der Waals surface area contributed by atoms with Crippen LogP contribution in [-0.4, -0.2) is 32.6 Å². The van der Waals surface area contributed by atoms with Crippen molar-refractivity contribution >= 4 is 14.3 Å². The molecule has 1 heterocycles. The minimum atomic E-state index is -1.79. The van der Waals surface area contributed by atoms with Gasteiger partial charge < -0.3 is 19.0 Å². The Kier molecular flexibility index (Phi) is 7.70. The lowest BCUT2D eigenvalue weighted by Crippen LogP contribution is -2.41. The molecule has 5 nitrogen and oxygen atoms in total. The molecule has 0 aliphatic carbocycles. The molecule has 178 valence electrons. The molecule has 2 aromatic rings. The average Bonchev–Trinajstić information content (AvgIpc) is 2.75. The predicted molar refractivity (Wildman–Crippen MR) is 133 cm³/mol. The Labute approximate surface area is 198 Å². The van der Waals surface area contributed by atoms with E-state index in [2.05, 4.69) is 46.0 Å². The van der Waals surface area contributed by atoms with E-state index < -0.39 is 19.9 Å². The van der Waals surface area contributed by atoms with E-state index in [1.807, 2.05) is 42.5 Å². The normalized spacial score (nSPS) is 19.1. The van der Waals surface area contributed by atoms with E-state index in [-0.39, 0.29) is 17.2 Å². The number of cyclic esters (lactones) is 1. The summed E-state index contributed by atoms with van der Waals surface area (Å²) in [5.74, 6) is 0.259. The first-order chi connectivity index (χ1) is 15.5. The van der Waals surface area contributed by atoms with Gasteiger partial charge in [0.1, 0.15) is 23.7 Å². The van der Waals surface area contributed by atoms with Gasteiger partial charge in [0.2, 0.25) is 0 Å². The van der Waals surface area contributed by atoms with Crippen LogP contribution in [0.4, 0.5) is 0 Å². The van der Waals surface area contributed by atoms with Crippen LogP contribution in [0.2, 0.25) is 18.1 Å². The topological polar surface area (TPSA) is 65.0 Å². The fourth-order valence-corrected chi connectivity index (χ4v) is 4.73. The third-order valence-corrected chi connectivity index (χ3v) is 11.2. The zero-order chi connectivity index (χ0) is 24.1. The molecule has 0 amide bonds. The third-order valence-electron chi connectivity index (χ3n) is 6.71. The minimum Gasteiger partial charge on any atom is -0.512 e. The van der Waals surface area contributed by atoms with Gasteiger partial charge in [-0.2, -0.15) is 0 Å². The van der Waals surface area contributed by atoms with Crippen LogP contribution in [0.5, 0.6) is 5.75 Å². The van der Waals surface area contributed by atoms with Crippen LogP contribution in [0.25, 0.3) is 0 Å². The van der Waals surface area contributed by atoms with Crippen molar-refractivity contribution in [2.24, 2.45) is 0 Å². The maximum atomic E-state index is 12.2. The molecule has 0 radical (unpaired) electrons. The summed E-state index contributed by atoms with van der Waals surface area (Å²) in [6, 6.07) is 17.7. The van der Waals surface area contributed by atoms with Gasteiger partial charge in [0.05, 0.1) is 12.7 Å². The molecule has 0 saturated heterocycles. The Morgan fingerprint density at radius 2 is 1.70 bits per heavy atom. The fourth-order valence-electron chi connectivity index (χ4n) is 3.70. The lowest BCUT2D eigenvalue weighted by atomic mass is 9.82. The molecule has 1 atom stereocenters. The smallest absolute Gasteiger partial charge is 0.335 e. The summed E-state index contributed by atoms with van der Waals surface area (Å²) in [5, 5.41) is 10.4. The highest BCUT2D eigenvalue weighted by atomic mass is 28.4. The largest absolute Gasteiger partial charge is 0.512 e. The first kappa shape index (κ1) is 25.1. The molecule has 6 heteroatoms. The standard InChI is InChI=1S/C27H36O5Si/c1-26(2,3)33(4,5)31-18-17-30-24-13-11-22(12-14-24)27(20-23(28)19-25(29)32-27)16-15-21-9-7-6-8-10-21/h6-14,19,28H,15-18,20H2,1-5H3/t27-/m0/s1. The monoisotopic (exact) mass is 468 g/mol. The number of hydrogen-bond donors (Lipinski definition) is 1. The molecule has 1 aliphatic heterocycles. The number of esters is 1. The van der Waals surface area contributed by atoms with Crippen molar-refractivity contribution in [1.29, 1.82) is 0 Å². The molecular weight excluding hydrogens is 432 g/mol. The predicted octanol–water partition coefficient (Wildman–Crippen LogP) is 6.30. The summed E-state index contributed by atoms with van der Waals surface area (Å²) in [4.78, 5) is 12.2. The number of carbonyl (C=O) groups excluding carboxylic acids is 1. The molecule has 1 N–H and O–H groups in total. The number of carbonyl (C=O) groups is 1. The molecule has 2 aromatic carbocycles. The Hall–Kier alpha value is -2.57. The number of aliphatic hydroxyl groups is 1. The van der Waals surface area contributed by atoms with Crippen LogP contribution in [0.1, 0.15) is 44.7 Å². The second kappa shape index (κ2) is 10.1. The number of hydrogen-bond acceptors (Lipinski definition) is 5. The van der Waals surface area contributed by atoms with Crippen LogP contribution in [0.3, 0.4) is 0 Å². The van der Waals surface area contributed by atoms with Crippen molar-refractivity contribution < 1.29 is 23.8 Å². The van der Waals surface area contributed by atoms with E-state index >= 15 is 0 Å². The van der Waals surface area contributed by atoms with E-state index in [1.54, 1.807) is 0 Å². The Morgan fingerprint density at radius 3 is 2.30 bits per heavy atom. The zero-order valence-corrected chi connectivity index (χ0v) is 21.4. The minimum absolute atomic E-state index is 0.0439. The van der Waals surface area contributed by atoms with Crippen molar-refractivity contribution in [3.05, 3.63) is 77.6 Å². The van der Waals surface area contributed by atoms with Gasteiger partial charge in [-0.05, 0) is 54.2 Å². The summed E-state index contributed by atoms with van der Waals surface area (Å²) < 4.78 is 17.9. The van der Waals surface area contributed by atoms with Crippen LogP contribution in [-0.2, 0) is 26.0 Å². The van der Waals surface area contributed by atoms with Gasteiger partial charge in [0.25, 0.3) is 0 Å². The summed E-state index contributed by atoms with van der Waals surface area (Å²) >= 11 is 0. The zero-order valence-electron chi connectivity index (χ0n) is 20.4. The molecule has 0 saturated carbocycles. The molecule has 0 fully saturated rings. The van der Waals surface area contributed by atoms with Crippen molar-refractivity contribution in [2.75, 3.05) is 13.2 Å². The second-order valence-electron chi connectivity index (χ2n) is 10.2. The van der Waals surface area contributed by atoms with E-state index in [0.717, 1.165) is 29.4 Å². The van der Waals surface area contributed by atoms with E-state index in [1.165, 1.54) is 0 Å². The van der Waals surface area contributed by atoms with Crippen LogP contribution in [0.15, 0.2) is 66.4 Å². The van der Waals surface area contributed by atoms with Gasteiger partial charge in [-0.15, -0.1) is 0 Å². The summed E-state index contributed by atoms with van der Waals surface area (Å²) in [7, 11) is -1.79. The summed E-state index contributed by atoms with van der Waals surface area (Å²) in [5.41, 5.74) is 1.09. The maximum absolute atomic E-state index is 12.2. The molecule has 0 aromatic heterocycles. The number of aliphatic hydroxyl groups excluding tert-OH is 1. The maximum Gasteiger partial charge on any atom is 0.335 e. The molecular formula is C27H36O5Si. The molecule has 0 bridgehead atoms. The highest BCUT2D eigenvalue weighted by molar-refractivity contribution is 6.74. The Morgan fingerprint density at radius 1 is 1.03 bits per heavy atom. The van der Waals surface area contributed by atoms with Crippen molar-refractivity contribution in [1.82, 2.24) is 0 Å². The number of benzene rings is 2. The van der Waals surface area contributed by atoms with Crippen LogP contribution >= 0.6 is 0 Å². The third kappa shape index (κ3) is 6.48. The number of ether oxygens (including phenoxy) is 2. The molecule has 33 heavy (non-hydrogen) atoms. The SMILES string of the molecule is CC(C)(C)[Si](C)(C)OCCOc1ccc([C@]2(CCc3ccccc3)CC(O)=CC(=O)O2)cc1. The highest BCUT2D eigenvalue weighted by Crippen LogP contribution is 2.40. The summed E-state index contributed by atoms with van der Waals surface area (Å²) in [6.07, 6.45) is 2.71. The van der Waals surface area contributed by atoms with Crippen molar-refractivity contribution in [2.45, 2.75) is 63.8 Å². The molecule has 1 aliphatic rings. The first-order valence-electron chi connectivity index (χ1n) is 11.5. The van der Waals surface area contributed by atoms with Gasteiger partial charge in [0.15, 0.2) is 8.32 Å². The lowest BCUT2D eigenvalue weighted by molar-refractivity contribution is -0.159. The number of aryl methyl sites for hydroxylation is 1. The quantitative estimate of drug-likeness (QED) is 0.266. The summed E-state index contributed by atoms with van der Waals surface area (Å²) in [6.45, 7) is 12.1. The Bertz CT molecular complexity index is 960. The second-order valence-corrected chi connectivity index (χ2v) is 15.0. The van der Waals surface area contributed by atoms with E-state index in [4.69, 9.17) is 13.9 Å². The molecule has 0 spiro atoms. The van der Waals surface area contributed by atoms with Crippen LogP contribution < -0.4 is 4.74 Å². The highest BCUT2D eigenvalue weighted by Gasteiger charge is 2.40. The first-order valence-corrected chi connectivity index (χ1v) is 14.5. The van der Waals surface area contributed by atoms with Crippen molar-refractivity contribution in [3.63, 3.8) is 0 Å². The average molecular weight is 469 g/mol. The number of rotatable bonds is 9. The lowest BCUT2D eigenvalue weighted by Gasteiger charge is -2.36. The van der Waals surface area contributed by atoms with Gasteiger partial charge in [-0.1, -0.05) is 63.2 Å².